The molecule has 3 aromatic rings. The van der Waals surface area contributed by atoms with Crippen LogP contribution in [0.1, 0.15) is 28.9 Å². The Bertz CT molecular complexity index is 1030. The first-order valence-electron chi connectivity index (χ1n) is 8.81. The van der Waals surface area contributed by atoms with Crippen LogP contribution in [-0.4, -0.2) is 25.5 Å². The molecule has 0 aliphatic carbocycles. The van der Waals surface area contributed by atoms with Gasteiger partial charge in [0.2, 0.25) is 5.91 Å². The molecule has 6 nitrogen and oxygen atoms in total. The third-order valence-electron chi connectivity index (χ3n) is 4.30. The Morgan fingerprint density at radius 3 is 2.69 bits per heavy atom. The lowest BCUT2D eigenvalue weighted by Crippen LogP contribution is -2.16. The van der Waals surface area contributed by atoms with Gasteiger partial charge in [-0.15, -0.1) is 0 Å². The summed E-state index contributed by atoms with van der Waals surface area (Å²) >= 11 is 5.71. The maximum absolute atomic E-state index is 12.9. The minimum atomic E-state index is -4.64. The standard InChI is InChI=1S/C19H19ClF3N5O/c1-12-4-3-5-14(8-12)10-27-11-15(9-24-27)25-16(29)6-7-28-13(2)17(20)18(26-28)19(21,22)23/h3-5,8-9,11H,6-7,10H2,1-2H3,(H,25,29). The highest BCUT2D eigenvalue weighted by Gasteiger charge is 2.38. The summed E-state index contributed by atoms with van der Waals surface area (Å²) < 4.78 is 41.4. The zero-order chi connectivity index (χ0) is 21.2. The molecule has 0 aliphatic rings. The number of halogens is 4. The molecule has 2 heterocycles. The first-order valence-corrected chi connectivity index (χ1v) is 9.19. The number of hydrogen-bond donors (Lipinski definition) is 1. The highest BCUT2D eigenvalue weighted by Crippen LogP contribution is 2.35. The van der Waals surface area contributed by atoms with Gasteiger partial charge in [-0.25, -0.2) is 0 Å². The number of benzene rings is 1. The van der Waals surface area contributed by atoms with Crippen molar-refractivity contribution < 1.29 is 18.0 Å². The molecule has 3 rings (SSSR count). The van der Waals surface area contributed by atoms with Crippen molar-refractivity contribution in [2.24, 2.45) is 0 Å². The van der Waals surface area contributed by atoms with Crippen molar-refractivity contribution in [3.05, 3.63) is 64.2 Å². The molecule has 0 saturated carbocycles. The number of anilines is 1. The Morgan fingerprint density at radius 2 is 2.03 bits per heavy atom. The molecule has 0 unspecified atom stereocenters. The Kier molecular flexibility index (Phi) is 5.97. The monoisotopic (exact) mass is 425 g/mol. The number of nitrogens with zero attached hydrogens (tertiary/aromatic N) is 4. The van der Waals surface area contributed by atoms with E-state index < -0.39 is 16.9 Å². The van der Waals surface area contributed by atoms with Crippen molar-refractivity contribution >= 4 is 23.2 Å². The molecule has 0 radical (unpaired) electrons. The fourth-order valence-electron chi connectivity index (χ4n) is 2.87. The molecule has 0 bridgehead atoms. The number of nitrogens with one attached hydrogen (secondary N) is 1. The topological polar surface area (TPSA) is 64.7 Å². The highest BCUT2D eigenvalue weighted by atomic mass is 35.5. The molecule has 10 heteroatoms. The van der Waals surface area contributed by atoms with Crippen LogP contribution < -0.4 is 5.32 Å². The summed E-state index contributed by atoms with van der Waals surface area (Å²) in [5.74, 6) is -0.361. The zero-order valence-corrected chi connectivity index (χ0v) is 16.6. The van der Waals surface area contributed by atoms with Crippen LogP contribution in [0.2, 0.25) is 5.02 Å². The van der Waals surface area contributed by atoms with Gasteiger partial charge in [-0.2, -0.15) is 23.4 Å². The molecular weight excluding hydrogens is 407 g/mol. The number of amides is 1. The average Bonchev–Trinajstić information content (AvgIpc) is 3.18. The van der Waals surface area contributed by atoms with Crippen LogP contribution in [0.5, 0.6) is 0 Å². The van der Waals surface area contributed by atoms with E-state index in [1.54, 1.807) is 10.9 Å². The Balaban J connectivity index is 1.57. The van der Waals surface area contributed by atoms with E-state index in [-0.39, 0.29) is 24.6 Å². The number of hydrogen-bond acceptors (Lipinski definition) is 3. The molecule has 154 valence electrons. The molecule has 1 aromatic carbocycles. The predicted octanol–water partition coefficient (Wildman–Crippen LogP) is 4.45. The van der Waals surface area contributed by atoms with Gasteiger partial charge in [-0.3, -0.25) is 14.2 Å². The van der Waals surface area contributed by atoms with E-state index in [1.807, 2.05) is 31.2 Å². The summed E-state index contributed by atoms with van der Waals surface area (Å²) in [4.78, 5) is 12.2. The van der Waals surface area contributed by atoms with Crippen molar-refractivity contribution in [1.82, 2.24) is 19.6 Å². The number of aromatic nitrogens is 4. The van der Waals surface area contributed by atoms with Crippen molar-refractivity contribution in [2.45, 2.75) is 39.5 Å². The number of alkyl halides is 3. The molecule has 0 atom stereocenters. The fraction of sp³-hybridized carbons (Fsp3) is 0.316. The minimum Gasteiger partial charge on any atom is -0.323 e. The Labute approximate surface area is 170 Å². The van der Waals surface area contributed by atoms with Gasteiger partial charge in [-0.05, 0) is 19.4 Å². The second-order valence-corrected chi connectivity index (χ2v) is 7.06. The van der Waals surface area contributed by atoms with Gasteiger partial charge in [0.15, 0.2) is 5.69 Å². The second kappa shape index (κ2) is 8.28. The average molecular weight is 426 g/mol. The van der Waals surface area contributed by atoms with Gasteiger partial charge in [0.1, 0.15) is 0 Å². The predicted molar refractivity (Wildman–Crippen MR) is 103 cm³/mol. The van der Waals surface area contributed by atoms with E-state index in [1.165, 1.54) is 13.1 Å². The van der Waals surface area contributed by atoms with Crippen LogP contribution in [0.15, 0.2) is 36.7 Å². The van der Waals surface area contributed by atoms with Crippen LogP contribution in [0.25, 0.3) is 0 Å². The van der Waals surface area contributed by atoms with Gasteiger partial charge in [0.25, 0.3) is 0 Å². The summed E-state index contributed by atoms with van der Waals surface area (Å²) in [6.45, 7) is 3.97. The van der Waals surface area contributed by atoms with Crippen molar-refractivity contribution in [1.29, 1.82) is 0 Å². The molecule has 0 spiro atoms. The normalized spacial score (nSPS) is 11.7. The van der Waals surface area contributed by atoms with Crippen LogP contribution in [0.4, 0.5) is 18.9 Å². The number of rotatable bonds is 6. The Hall–Kier alpha value is -2.81. The molecule has 0 saturated heterocycles. The molecule has 0 aliphatic heterocycles. The van der Waals surface area contributed by atoms with Gasteiger partial charge < -0.3 is 5.32 Å². The highest BCUT2D eigenvalue weighted by molar-refractivity contribution is 6.31. The molecule has 0 fully saturated rings. The maximum Gasteiger partial charge on any atom is 0.436 e. The number of aryl methyl sites for hydroxylation is 2. The van der Waals surface area contributed by atoms with Gasteiger partial charge in [0, 0.05) is 12.6 Å². The van der Waals surface area contributed by atoms with Crippen LogP contribution >= 0.6 is 11.6 Å². The maximum atomic E-state index is 12.9. The van der Waals surface area contributed by atoms with E-state index in [4.69, 9.17) is 11.6 Å². The number of carbonyl (C=O) groups excluding carboxylic acids is 1. The summed E-state index contributed by atoms with van der Waals surface area (Å²) in [7, 11) is 0. The van der Waals surface area contributed by atoms with Gasteiger partial charge >= 0.3 is 6.18 Å². The molecule has 1 N–H and O–H groups in total. The van der Waals surface area contributed by atoms with Crippen molar-refractivity contribution in [2.75, 3.05) is 5.32 Å². The van der Waals surface area contributed by atoms with E-state index in [0.717, 1.165) is 15.8 Å². The fourth-order valence-corrected chi connectivity index (χ4v) is 3.11. The van der Waals surface area contributed by atoms with Crippen LogP contribution in [-0.2, 0) is 24.1 Å². The third kappa shape index (κ3) is 5.17. The summed E-state index contributed by atoms with van der Waals surface area (Å²) in [6, 6.07) is 8.00. The summed E-state index contributed by atoms with van der Waals surface area (Å²) in [5.41, 5.74) is 1.75. The SMILES string of the molecule is Cc1cccc(Cn2cc(NC(=O)CCn3nc(C(F)(F)F)c(Cl)c3C)cn2)c1. The molecule has 1 amide bonds. The van der Waals surface area contributed by atoms with Gasteiger partial charge in [0.05, 0.1) is 35.7 Å². The smallest absolute Gasteiger partial charge is 0.323 e. The van der Waals surface area contributed by atoms with E-state index in [0.29, 0.717) is 12.2 Å². The van der Waals surface area contributed by atoms with Crippen LogP contribution in [0, 0.1) is 13.8 Å². The lowest BCUT2D eigenvalue weighted by Gasteiger charge is -2.05. The quantitative estimate of drug-likeness (QED) is 0.634. The third-order valence-corrected chi connectivity index (χ3v) is 4.75. The lowest BCUT2D eigenvalue weighted by molar-refractivity contribution is -0.141. The lowest BCUT2D eigenvalue weighted by atomic mass is 10.1. The van der Waals surface area contributed by atoms with E-state index in [2.05, 4.69) is 15.5 Å². The zero-order valence-electron chi connectivity index (χ0n) is 15.8. The van der Waals surface area contributed by atoms with Gasteiger partial charge in [-0.1, -0.05) is 41.4 Å². The van der Waals surface area contributed by atoms with Crippen molar-refractivity contribution in [3.8, 4) is 0 Å². The number of carbonyl (C=O) groups is 1. The molecule has 2 aromatic heterocycles. The van der Waals surface area contributed by atoms with E-state index >= 15 is 0 Å². The second-order valence-electron chi connectivity index (χ2n) is 6.68. The largest absolute Gasteiger partial charge is 0.436 e. The molecule has 29 heavy (non-hydrogen) atoms. The Morgan fingerprint density at radius 1 is 1.28 bits per heavy atom. The molecular formula is C19H19ClF3N5O. The van der Waals surface area contributed by atoms with E-state index in [9.17, 15) is 18.0 Å². The minimum absolute atomic E-state index is 0.0229. The summed E-state index contributed by atoms with van der Waals surface area (Å²) in [5, 5.41) is 9.92. The van der Waals surface area contributed by atoms with Crippen molar-refractivity contribution in [3.63, 3.8) is 0 Å². The first kappa shape index (κ1) is 20.9. The van der Waals surface area contributed by atoms with Crippen LogP contribution in [0.3, 0.4) is 0 Å². The summed E-state index contributed by atoms with van der Waals surface area (Å²) in [6.07, 6.45) is -1.48. The first-order chi connectivity index (χ1) is 13.6.